The molecule has 0 aromatic heterocycles. The Kier molecular flexibility index (Phi) is 7.96. The lowest BCUT2D eigenvalue weighted by Gasteiger charge is -2.35. The molecule has 0 spiro atoms. The number of benzene rings is 1. The van der Waals surface area contributed by atoms with Crippen molar-refractivity contribution in [3.05, 3.63) is 29.3 Å². The first-order valence-corrected chi connectivity index (χ1v) is 11.8. The number of amides is 1. The van der Waals surface area contributed by atoms with Crippen molar-refractivity contribution in [1.82, 2.24) is 0 Å². The van der Waals surface area contributed by atoms with E-state index in [1.807, 2.05) is 0 Å². The Hall–Kier alpha value is -1.35. The van der Waals surface area contributed by atoms with Gasteiger partial charge in [0.2, 0.25) is 5.91 Å². The highest BCUT2D eigenvalue weighted by Gasteiger charge is 2.31. The predicted molar refractivity (Wildman–Crippen MR) is 119 cm³/mol. The third-order valence-electron chi connectivity index (χ3n) is 6.85. The van der Waals surface area contributed by atoms with Crippen molar-refractivity contribution >= 4 is 11.6 Å². The van der Waals surface area contributed by atoms with Crippen LogP contribution in [0.1, 0.15) is 89.2 Å². The number of carbonyl (C=O) groups is 1. The summed E-state index contributed by atoms with van der Waals surface area (Å²) in [7, 11) is 0. The largest absolute Gasteiger partial charge is 0.327 e. The number of hydrogen-bond acceptors (Lipinski definition) is 2. The Morgan fingerprint density at radius 3 is 2.68 bits per heavy atom. The minimum atomic E-state index is 0.237. The summed E-state index contributed by atoms with van der Waals surface area (Å²) in [6.07, 6.45) is 13.9. The molecule has 1 atom stereocenters. The quantitative estimate of drug-likeness (QED) is 0.631. The highest BCUT2D eigenvalue weighted by molar-refractivity contribution is 5.96. The summed E-state index contributed by atoms with van der Waals surface area (Å²) in [5, 5.41) is 0. The van der Waals surface area contributed by atoms with Gasteiger partial charge in [0, 0.05) is 24.2 Å². The summed E-state index contributed by atoms with van der Waals surface area (Å²) >= 11 is 0. The van der Waals surface area contributed by atoms with Crippen LogP contribution in [0.5, 0.6) is 0 Å². The van der Waals surface area contributed by atoms with Crippen molar-refractivity contribution in [2.75, 3.05) is 11.4 Å². The number of aryl methyl sites for hydroxylation is 1. The molecule has 1 aromatic carbocycles. The van der Waals surface area contributed by atoms with Gasteiger partial charge in [0.05, 0.1) is 0 Å². The van der Waals surface area contributed by atoms with Gasteiger partial charge in [0.1, 0.15) is 0 Å². The second-order valence-electron chi connectivity index (χ2n) is 9.17. The number of unbranched alkanes of at least 4 members (excludes halogenated alkanes) is 1. The van der Waals surface area contributed by atoms with Crippen molar-refractivity contribution in [2.24, 2.45) is 17.6 Å². The van der Waals surface area contributed by atoms with Crippen LogP contribution >= 0.6 is 0 Å². The van der Waals surface area contributed by atoms with Crippen LogP contribution in [-0.4, -0.2) is 18.5 Å². The molecule has 1 aromatic rings. The van der Waals surface area contributed by atoms with E-state index < -0.39 is 0 Å². The van der Waals surface area contributed by atoms with E-state index in [0.717, 1.165) is 63.1 Å². The fourth-order valence-electron chi connectivity index (χ4n) is 5.19. The molecular weight excluding hydrogens is 344 g/mol. The number of fused-ring (bicyclic) bond motifs is 1. The summed E-state index contributed by atoms with van der Waals surface area (Å²) < 4.78 is 0. The van der Waals surface area contributed by atoms with E-state index in [0.29, 0.717) is 5.91 Å². The van der Waals surface area contributed by atoms with Gasteiger partial charge in [0.25, 0.3) is 0 Å². The van der Waals surface area contributed by atoms with Crippen LogP contribution in [0.25, 0.3) is 0 Å². The molecule has 2 aliphatic rings. The highest BCUT2D eigenvalue weighted by atomic mass is 16.2. The van der Waals surface area contributed by atoms with Gasteiger partial charge in [-0.3, -0.25) is 4.79 Å². The van der Waals surface area contributed by atoms with Crippen molar-refractivity contribution in [3.63, 3.8) is 0 Å². The molecule has 1 aliphatic carbocycles. The van der Waals surface area contributed by atoms with Crippen LogP contribution in [-0.2, 0) is 17.6 Å². The van der Waals surface area contributed by atoms with Crippen LogP contribution in [0.4, 0.5) is 5.69 Å². The fourth-order valence-corrected chi connectivity index (χ4v) is 5.19. The molecule has 156 valence electrons. The van der Waals surface area contributed by atoms with E-state index in [2.05, 4.69) is 36.9 Å². The molecule has 0 bridgehead atoms. The molecule has 28 heavy (non-hydrogen) atoms. The minimum Gasteiger partial charge on any atom is -0.327 e. The number of nitrogens with two attached hydrogens (primary N) is 1. The topological polar surface area (TPSA) is 46.3 Å². The van der Waals surface area contributed by atoms with Crippen LogP contribution in [0.3, 0.4) is 0 Å². The van der Waals surface area contributed by atoms with Crippen LogP contribution < -0.4 is 10.6 Å². The zero-order chi connectivity index (χ0) is 19.9. The third-order valence-corrected chi connectivity index (χ3v) is 6.85. The van der Waals surface area contributed by atoms with Gasteiger partial charge in [-0.05, 0) is 74.5 Å². The Morgan fingerprint density at radius 1 is 1.18 bits per heavy atom. The summed E-state index contributed by atoms with van der Waals surface area (Å²) in [6, 6.07) is 6.94. The molecule has 1 fully saturated rings. The fraction of sp³-hybridized carbons (Fsp3) is 0.720. The van der Waals surface area contributed by atoms with Gasteiger partial charge in [-0.2, -0.15) is 0 Å². The molecule has 3 nitrogen and oxygen atoms in total. The summed E-state index contributed by atoms with van der Waals surface area (Å²) in [4.78, 5) is 15.4. The maximum atomic E-state index is 13.3. The van der Waals surface area contributed by atoms with Crippen LogP contribution in [0.15, 0.2) is 18.2 Å². The molecule has 3 rings (SSSR count). The average Bonchev–Trinajstić information content (AvgIpc) is 2.71. The number of nitrogens with zero attached hydrogens (tertiary/aromatic N) is 1. The van der Waals surface area contributed by atoms with Crippen LogP contribution in [0, 0.1) is 11.8 Å². The molecule has 1 amide bonds. The van der Waals surface area contributed by atoms with Gasteiger partial charge in [0.15, 0.2) is 0 Å². The predicted octanol–water partition coefficient (Wildman–Crippen LogP) is 5.63. The first-order chi connectivity index (χ1) is 13.6. The van der Waals surface area contributed by atoms with Gasteiger partial charge >= 0.3 is 0 Å². The Balaban J connectivity index is 1.63. The molecule has 1 aliphatic heterocycles. The Morgan fingerprint density at radius 2 is 1.96 bits per heavy atom. The van der Waals surface area contributed by atoms with Gasteiger partial charge in [-0.25, -0.2) is 0 Å². The summed E-state index contributed by atoms with van der Waals surface area (Å²) in [6.45, 7) is 5.34. The first-order valence-electron chi connectivity index (χ1n) is 11.8. The number of anilines is 1. The molecule has 1 heterocycles. The zero-order valence-corrected chi connectivity index (χ0v) is 18.1. The Bertz CT molecular complexity index is 633. The number of carbonyl (C=O) groups excluding carboxylic acids is 1. The Labute approximate surface area is 172 Å². The lowest BCUT2D eigenvalue weighted by Crippen LogP contribution is -2.41. The second kappa shape index (κ2) is 10.4. The molecule has 0 saturated heterocycles. The standard InChI is InChI=1S/C25H40N2O/c1-3-5-8-19-10-13-21(14-11-19)25(28)27-16-6-9-22-17-20(12-15-24(22)27)18-23(26)7-4-2/h12,15,17,19,21,23H,3-11,13-14,16,18,26H2,1-2H3. The lowest BCUT2D eigenvalue weighted by molar-refractivity contribution is -0.123. The van der Waals surface area contributed by atoms with E-state index in [1.165, 1.54) is 43.2 Å². The number of hydrogen-bond donors (Lipinski definition) is 1. The maximum Gasteiger partial charge on any atom is 0.230 e. The van der Waals surface area contributed by atoms with Crippen molar-refractivity contribution in [3.8, 4) is 0 Å². The second-order valence-corrected chi connectivity index (χ2v) is 9.17. The van der Waals surface area contributed by atoms with E-state index in [4.69, 9.17) is 5.73 Å². The smallest absolute Gasteiger partial charge is 0.230 e. The van der Waals surface area contributed by atoms with Gasteiger partial charge in [-0.15, -0.1) is 0 Å². The summed E-state index contributed by atoms with van der Waals surface area (Å²) in [5.74, 6) is 1.47. The van der Waals surface area contributed by atoms with E-state index in [-0.39, 0.29) is 12.0 Å². The average molecular weight is 385 g/mol. The van der Waals surface area contributed by atoms with Crippen molar-refractivity contribution in [2.45, 2.75) is 96.9 Å². The van der Waals surface area contributed by atoms with Crippen LogP contribution in [0.2, 0.25) is 0 Å². The normalized spacial score (nSPS) is 23.3. The molecule has 2 N–H and O–H groups in total. The SMILES string of the molecule is CCCCC1CCC(C(=O)N2CCCc3cc(CC(N)CCC)ccc32)CC1. The lowest BCUT2D eigenvalue weighted by atomic mass is 9.79. The van der Waals surface area contributed by atoms with Crippen molar-refractivity contribution < 1.29 is 4.79 Å². The molecule has 0 radical (unpaired) electrons. The van der Waals surface area contributed by atoms with Gasteiger partial charge < -0.3 is 10.6 Å². The number of rotatable bonds is 8. The maximum absolute atomic E-state index is 13.3. The minimum absolute atomic E-state index is 0.237. The molecule has 1 saturated carbocycles. The first kappa shape index (κ1) is 21.4. The monoisotopic (exact) mass is 384 g/mol. The van der Waals surface area contributed by atoms with E-state index in [1.54, 1.807) is 0 Å². The third kappa shape index (κ3) is 5.37. The highest BCUT2D eigenvalue weighted by Crippen LogP contribution is 2.36. The molecule has 3 heteroatoms. The van der Waals surface area contributed by atoms with Crippen molar-refractivity contribution in [1.29, 1.82) is 0 Å². The molecule has 1 unspecified atom stereocenters. The van der Waals surface area contributed by atoms with E-state index >= 15 is 0 Å². The van der Waals surface area contributed by atoms with Gasteiger partial charge in [-0.1, -0.05) is 51.7 Å². The van der Waals surface area contributed by atoms with E-state index in [9.17, 15) is 4.79 Å². The molecular formula is C25H40N2O. The zero-order valence-electron chi connectivity index (χ0n) is 18.1. The summed E-state index contributed by atoms with van der Waals surface area (Å²) in [5.41, 5.74) is 10.1.